The zero-order valence-electron chi connectivity index (χ0n) is 15.9. The van der Waals surface area contributed by atoms with Crippen molar-refractivity contribution in [2.45, 2.75) is 75.8 Å². The minimum absolute atomic E-state index is 0.111. The van der Waals surface area contributed by atoms with Crippen LogP contribution in [0.15, 0.2) is 9.95 Å². The predicted octanol–water partition coefficient (Wildman–Crippen LogP) is 4.18. The van der Waals surface area contributed by atoms with Crippen LogP contribution in [0.4, 0.5) is 0 Å². The standard InChI is InChI=1S/C19H24N4O2S2/c1-19(2)9-12-13(10-25-19)27-16-14(12)15(24)22(11-7-5-4-6-8-11)17-20-21-18(26-3)23(16)17/h11H,4-10H2,1-3H3. The van der Waals surface area contributed by atoms with Crippen LogP contribution in [0.1, 0.15) is 62.4 Å². The highest BCUT2D eigenvalue weighted by Crippen LogP contribution is 2.39. The van der Waals surface area contributed by atoms with Crippen molar-refractivity contribution < 1.29 is 4.74 Å². The summed E-state index contributed by atoms with van der Waals surface area (Å²) in [6.45, 7) is 4.77. The molecule has 0 radical (unpaired) electrons. The third-order valence-corrected chi connectivity index (χ3v) is 7.68. The number of thioether (sulfide) groups is 1. The Morgan fingerprint density at radius 3 is 2.74 bits per heavy atom. The molecule has 0 bridgehead atoms. The van der Waals surface area contributed by atoms with Gasteiger partial charge in [-0.2, -0.15) is 0 Å². The molecule has 27 heavy (non-hydrogen) atoms. The zero-order chi connectivity index (χ0) is 18.8. The van der Waals surface area contributed by atoms with Gasteiger partial charge in [0.1, 0.15) is 4.83 Å². The summed E-state index contributed by atoms with van der Waals surface area (Å²) in [6.07, 6.45) is 8.47. The molecule has 1 fully saturated rings. The second-order valence-electron chi connectivity index (χ2n) is 8.20. The maximum Gasteiger partial charge on any atom is 0.264 e. The summed E-state index contributed by atoms with van der Waals surface area (Å²) in [6, 6.07) is 0.223. The lowest BCUT2D eigenvalue weighted by Crippen LogP contribution is -2.33. The number of ether oxygens (including phenoxy) is 1. The topological polar surface area (TPSA) is 61.4 Å². The fourth-order valence-corrected chi connectivity index (χ4v) is 6.28. The van der Waals surface area contributed by atoms with Crippen LogP contribution in [-0.2, 0) is 17.8 Å². The van der Waals surface area contributed by atoms with Crippen LogP contribution < -0.4 is 5.56 Å². The number of thiophene rings is 1. The first-order valence-electron chi connectivity index (χ1n) is 9.62. The summed E-state index contributed by atoms with van der Waals surface area (Å²) in [4.78, 5) is 15.9. The van der Waals surface area contributed by atoms with Gasteiger partial charge >= 0.3 is 0 Å². The van der Waals surface area contributed by atoms with Crippen LogP contribution in [0, 0.1) is 0 Å². The van der Waals surface area contributed by atoms with Gasteiger partial charge in [-0.25, -0.2) is 4.40 Å². The largest absolute Gasteiger partial charge is 0.370 e. The third kappa shape index (κ3) is 2.68. The number of hydrogen-bond donors (Lipinski definition) is 0. The Labute approximate surface area is 165 Å². The molecular weight excluding hydrogens is 380 g/mol. The van der Waals surface area contributed by atoms with Crippen molar-refractivity contribution in [1.29, 1.82) is 0 Å². The van der Waals surface area contributed by atoms with Crippen molar-refractivity contribution in [3.05, 3.63) is 20.8 Å². The van der Waals surface area contributed by atoms with E-state index >= 15 is 0 Å². The van der Waals surface area contributed by atoms with Crippen molar-refractivity contribution in [2.75, 3.05) is 6.26 Å². The van der Waals surface area contributed by atoms with E-state index in [0.29, 0.717) is 12.4 Å². The normalized spacial score (nSPS) is 20.4. The van der Waals surface area contributed by atoms with Gasteiger partial charge in [-0.1, -0.05) is 31.0 Å². The molecule has 6 nitrogen and oxygen atoms in total. The molecule has 5 rings (SSSR count). The lowest BCUT2D eigenvalue weighted by Gasteiger charge is -2.30. The highest BCUT2D eigenvalue weighted by Gasteiger charge is 2.33. The molecule has 3 aromatic rings. The van der Waals surface area contributed by atoms with E-state index in [2.05, 4.69) is 28.4 Å². The van der Waals surface area contributed by atoms with E-state index in [1.165, 1.54) is 29.7 Å². The van der Waals surface area contributed by atoms with E-state index in [1.807, 2.05) is 10.8 Å². The molecule has 1 saturated carbocycles. The highest BCUT2D eigenvalue weighted by atomic mass is 32.2. The Kier molecular flexibility index (Phi) is 4.14. The van der Waals surface area contributed by atoms with E-state index < -0.39 is 0 Å². The smallest absolute Gasteiger partial charge is 0.264 e. The summed E-state index contributed by atoms with van der Waals surface area (Å²) in [5.74, 6) is 0.697. The van der Waals surface area contributed by atoms with E-state index in [4.69, 9.17) is 4.74 Å². The molecule has 0 spiro atoms. The van der Waals surface area contributed by atoms with Crippen LogP contribution in [0.5, 0.6) is 0 Å². The number of fused-ring (bicyclic) bond motifs is 5. The SMILES string of the molecule is CSc1nnc2n(C3CCCCC3)c(=O)c3c4c(sc3n12)COC(C)(C)C4. The Hall–Kier alpha value is -1.38. The van der Waals surface area contributed by atoms with Gasteiger partial charge in [0.05, 0.1) is 17.6 Å². The van der Waals surface area contributed by atoms with Gasteiger partial charge in [-0.05, 0) is 38.5 Å². The van der Waals surface area contributed by atoms with E-state index in [-0.39, 0.29) is 17.2 Å². The fraction of sp³-hybridized carbons (Fsp3) is 0.632. The van der Waals surface area contributed by atoms with Gasteiger partial charge in [0.25, 0.3) is 5.56 Å². The third-order valence-electron chi connectivity index (χ3n) is 5.86. The summed E-state index contributed by atoms with van der Waals surface area (Å²) in [5, 5.41) is 10.5. The minimum Gasteiger partial charge on any atom is -0.370 e. The molecule has 0 atom stereocenters. The molecule has 0 aromatic carbocycles. The van der Waals surface area contributed by atoms with Crippen molar-refractivity contribution in [2.24, 2.45) is 0 Å². The molecule has 1 aliphatic carbocycles. The molecule has 0 N–H and O–H groups in total. The van der Waals surface area contributed by atoms with Crippen molar-refractivity contribution in [1.82, 2.24) is 19.2 Å². The molecular formula is C19H24N4O2S2. The molecule has 8 heteroatoms. The number of hydrogen-bond acceptors (Lipinski definition) is 6. The molecule has 0 saturated heterocycles. The van der Waals surface area contributed by atoms with Gasteiger partial charge in [0.15, 0.2) is 5.16 Å². The van der Waals surface area contributed by atoms with Gasteiger partial charge in [-0.3, -0.25) is 9.36 Å². The number of nitrogens with zero attached hydrogens (tertiary/aromatic N) is 4. The molecule has 4 heterocycles. The maximum atomic E-state index is 13.7. The quantitative estimate of drug-likeness (QED) is 0.600. The molecule has 3 aromatic heterocycles. The Bertz CT molecular complexity index is 1090. The second-order valence-corrected chi connectivity index (χ2v) is 10.1. The minimum atomic E-state index is -0.242. The van der Waals surface area contributed by atoms with Crippen LogP contribution >= 0.6 is 23.1 Å². The van der Waals surface area contributed by atoms with Crippen molar-refractivity contribution in [3.63, 3.8) is 0 Å². The lowest BCUT2D eigenvalue weighted by molar-refractivity contribution is -0.0379. The maximum absolute atomic E-state index is 13.7. The van der Waals surface area contributed by atoms with Gasteiger partial charge in [0, 0.05) is 17.3 Å². The number of aromatic nitrogens is 4. The van der Waals surface area contributed by atoms with Crippen molar-refractivity contribution >= 4 is 39.1 Å². The second kappa shape index (κ2) is 6.32. The zero-order valence-corrected chi connectivity index (χ0v) is 17.6. The van der Waals surface area contributed by atoms with Crippen molar-refractivity contribution in [3.8, 4) is 0 Å². The van der Waals surface area contributed by atoms with Crippen LogP contribution in [0.25, 0.3) is 16.0 Å². The van der Waals surface area contributed by atoms with Crippen LogP contribution in [-0.4, -0.2) is 31.0 Å². The highest BCUT2D eigenvalue weighted by molar-refractivity contribution is 7.98. The lowest BCUT2D eigenvalue weighted by atomic mass is 9.93. The fourth-order valence-electron chi connectivity index (χ4n) is 4.52. The molecule has 0 unspecified atom stereocenters. The first kappa shape index (κ1) is 17.7. The average Bonchev–Trinajstić information content (AvgIpc) is 3.23. The van der Waals surface area contributed by atoms with Gasteiger partial charge in [-0.15, -0.1) is 21.5 Å². The Morgan fingerprint density at radius 1 is 1.22 bits per heavy atom. The Balaban J connectivity index is 1.87. The van der Waals surface area contributed by atoms with Gasteiger partial charge < -0.3 is 4.74 Å². The van der Waals surface area contributed by atoms with E-state index in [9.17, 15) is 4.79 Å². The van der Waals surface area contributed by atoms with E-state index in [1.54, 1.807) is 23.1 Å². The first-order valence-corrected chi connectivity index (χ1v) is 11.7. The summed E-state index contributed by atoms with van der Waals surface area (Å²) in [5.41, 5.74) is 1.04. The first-order chi connectivity index (χ1) is 13.0. The average molecular weight is 405 g/mol. The van der Waals surface area contributed by atoms with Crippen LogP contribution in [0.3, 0.4) is 0 Å². The summed E-state index contributed by atoms with van der Waals surface area (Å²) < 4.78 is 10.1. The Morgan fingerprint density at radius 2 is 2.00 bits per heavy atom. The molecule has 144 valence electrons. The predicted molar refractivity (Wildman–Crippen MR) is 109 cm³/mol. The molecule has 1 aliphatic heterocycles. The molecule has 0 amide bonds. The monoisotopic (exact) mass is 404 g/mol. The summed E-state index contributed by atoms with van der Waals surface area (Å²) >= 11 is 3.24. The van der Waals surface area contributed by atoms with Gasteiger partial charge in [0.2, 0.25) is 5.78 Å². The summed E-state index contributed by atoms with van der Waals surface area (Å²) in [7, 11) is 0. The van der Waals surface area contributed by atoms with E-state index in [0.717, 1.165) is 34.6 Å². The number of rotatable bonds is 2. The van der Waals surface area contributed by atoms with Crippen LogP contribution in [0.2, 0.25) is 0 Å². The molecule has 2 aliphatic rings.